The number of carbonyl (C=O) groups is 2. The highest BCUT2D eigenvalue weighted by Crippen LogP contribution is 2.31. The zero-order valence-corrected chi connectivity index (χ0v) is 10.9. The molecule has 4 nitrogen and oxygen atoms in total. The SMILES string of the molecule is C[C@@H](C#N)CN1C(=O)c2cc(Cl)c(Cl)cc2C1=O. The van der Waals surface area contributed by atoms with Gasteiger partial charge in [0.2, 0.25) is 0 Å². The van der Waals surface area contributed by atoms with E-state index in [4.69, 9.17) is 28.5 Å². The molecule has 0 radical (unpaired) electrons. The lowest BCUT2D eigenvalue weighted by atomic mass is 10.1. The molecule has 0 unspecified atom stereocenters. The maximum Gasteiger partial charge on any atom is 0.261 e. The van der Waals surface area contributed by atoms with Gasteiger partial charge < -0.3 is 0 Å². The molecule has 0 N–H and O–H groups in total. The lowest BCUT2D eigenvalue weighted by molar-refractivity contribution is 0.0643. The van der Waals surface area contributed by atoms with E-state index >= 15 is 0 Å². The number of imide groups is 1. The fraction of sp³-hybridized carbons (Fsp3) is 0.250. The maximum atomic E-state index is 12.0. The first-order valence-corrected chi connectivity index (χ1v) is 5.96. The summed E-state index contributed by atoms with van der Waals surface area (Å²) in [5.41, 5.74) is 0.471. The third-order valence-electron chi connectivity index (χ3n) is 2.69. The first-order chi connectivity index (χ1) is 8.45. The molecule has 1 aromatic rings. The normalized spacial score (nSPS) is 15.6. The topological polar surface area (TPSA) is 61.2 Å². The molecule has 0 aliphatic carbocycles. The van der Waals surface area contributed by atoms with Crippen LogP contribution in [0.3, 0.4) is 0 Å². The Hall–Kier alpha value is -1.57. The third-order valence-corrected chi connectivity index (χ3v) is 3.41. The Kier molecular flexibility index (Phi) is 3.29. The summed E-state index contributed by atoms with van der Waals surface area (Å²) in [7, 11) is 0. The number of hydrogen-bond donors (Lipinski definition) is 0. The zero-order valence-electron chi connectivity index (χ0n) is 9.41. The van der Waals surface area contributed by atoms with Crippen LogP contribution in [0.2, 0.25) is 10.0 Å². The highest BCUT2D eigenvalue weighted by molar-refractivity contribution is 6.43. The van der Waals surface area contributed by atoms with Crippen molar-refractivity contribution >= 4 is 35.0 Å². The molecule has 1 heterocycles. The summed E-state index contributed by atoms with van der Waals surface area (Å²) in [5, 5.41) is 9.19. The highest BCUT2D eigenvalue weighted by Gasteiger charge is 2.36. The molecule has 2 rings (SSSR count). The summed E-state index contributed by atoms with van der Waals surface area (Å²) < 4.78 is 0. The van der Waals surface area contributed by atoms with Crippen LogP contribution < -0.4 is 0 Å². The van der Waals surface area contributed by atoms with E-state index in [1.165, 1.54) is 12.1 Å². The molecule has 1 aliphatic rings. The molecule has 0 fully saturated rings. The predicted octanol–water partition coefficient (Wildman–Crippen LogP) is 2.75. The number of halogens is 2. The van der Waals surface area contributed by atoms with Crippen molar-refractivity contribution in [1.82, 2.24) is 4.90 Å². The fourth-order valence-electron chi connectivity index (χ4n) is 1.76. The summed E-state index contributed by atoms with van der Waals surface area (Å²) in [6.07, 6.45) is 0. The van der Waals surface area contributed by atoms with Gasteiger partial charge in [-0.2, -0.15) is 5.26 Å². The first-order valence-electron chi connectivity index (χ1n) is 5.20. The van der Waals surface area contributed by atoms with Gasteiger partial charge in [-0.3, -0.25) is 14.5 Å². The average Bonchev–Trinajstić information content (AvgIpc) is 2.55. The Morgan fingerprint density at radius 1 is 1.22 bits per heavy atom. The number of carbonyl (C=O) groups excluding carboxylic acids is 2. The minimum absolute atomic E-state index is 0.0675. The lowest BCUT2D eigenvalue weighted by Crippen LogP contribution is -2.33. The van der Waals surface area contributed by atoms with Crippen molar-refractivity contribution in [1.29, 1.82) is 5.26 Å². The Morgan fingerprint density at radius 2 is 1.67 bits per heavy atom. The summed E-state index contributed by atoms with van der Waals surface area (Å²) in [5.74, 6) is -1.29. The predicted molar refractivity (Wildman–Crippen MR) is 66.6 cm³/mol. The molecule has 0 spiro atoms. The average molecular weight is 283 g/mol. The van der Waals surface area contributed by atoms with Crippen molar-refractivity contribution < 1.29 is 9.59 Å². The number of benzene rings is 1. The van der Waals surface area contributed by atoms with Crippen LogP contribution in [0.15, 0.2) is 12.1 Å². The second-order valence-electron chi connectivity index (χ2n) is 4.06. The van der Waals surface area contributed by atoms with E-state index < -0.39 is 17.7 Å². The lowest BCUT2D eigenvalue weighted by Gasteiger charge is -2.14. The van der Waals surface area contributed by atoms with Crippen molar-refractivity contribution in [3.8, 4) is 6.07 Å². The van der Waals surface area contributed by atoms with Crippen LogP contribution >= 0.6 is 23.2 Å². The Morgan fingerprint density at radius 3 is 2.06 bits per heavy atom. The molecule has 6 heteroatoms. The van der Waals surface area contributed by atoms with Crippen LogP contribution in [-0.4, -0.2) is 23.3 Å². The Labute approximate surface area is 114 Å². The Balaban J connectivity index is 2.42. The quantitative estimate of drug-likeness (QED) is 0.784. The van der Waals surface area contributed by atoms with Gasteiger partial charge >= 0.3 is 0 Å². The molecule has 92 valence electrons. The molecule has 18 heavy (non-hydrogen) atoms. The molecule has 0 saturated carbocycles. The molecule has 2 amide bonds. The fourth-order valence-corrected chi connectivity index (χ4v) is 2.09. The second kappa shape index (κ2) is 4.60. The molecule has 0 saturated heterocycles. The number of amides is 2. The summed E-state index contributed by atoms with van der Waals surface area (Å²) in [4.78, 5) is 25.1. The van der Waals surface area contributed by atoms with Gasteiger partial charge in [-0.05, 0) is 19.1 Å². The molecular weight excluding hydrogens is 275 g/mol. The zero-order chi connectivity index (χ0) is 13.4. The van der Waals surface area contributed by atoms with Crippen molar-refractivity contribution in [2.24, 2.45) is 5.92 Å². The molecule has 1 atom stereocenters. The van der Waals surface area contributed by atoms with E-state index in [-0.39, 0.29) is 27.7 Å². The van der Waals surface area contributed by atoms with Gasteiger partial charge in [0.1, 0.15) is 0 Å². The van der Waals surface area contributed by atoms with E-state index in [9.17, 15) is 9.59 Å². The summed E-state index contributed by atoms with van der Waals surface area (Å²) in [6, 6.07) is 4.76. The molecule has 0 aromatic heterocycles. The summed E-state index contributed by atoms with van der Waals surface area (Å²) in [6.45, 7) is 1.71. The van der Waals surface area contributed by atoms with Gasteiger partial charge in [0, 0.05) is 6.54 Å². The van der Waals surface area contributed by atoms with Gasteiger partial charge in [0.15, 0.2) is 0 Å². The highest BCUT2D eigenvalue weighted by atomic mass is 35.5. The Bertz CT molecular complexity index is 551. The van der Waals surface area contributed by atoms with Crippen molar-refractivity contribution in [3.63, 3.8) is 0 Å². The standard InChI is InChI=1S/C12H8Cl2N2O2/c1-6(4-15)5-16-11(17)7-2-9(13)10(14)3-8(7)12(16)18/h2-3,6H,5H2,1H3/t6-/m0/s1. The number of fused-ring (bicyclic) bond motifs is 1. The number of rotatable bonds is 2. The van der Waals surface area contributed by atoms with Crippen LogP contribution in [0.1, 0.15) is 27.6 Å². The van der Waals surface area contributed by atoms with Gasteiger partial charge in [-0.25, -0.2) is 0 Å². The van der Waals surface area contributed by atoms with Crippen LogP contribution in [0, 0.1) is 17.2 Å². The monoisotopic (exact) mass is 282 g/mol. The van der Waals surface area contributed by atoms with Gasteiger partial charge in [0.25, 0.3) is 11.8 Å². The van der Waals surface area contributed by atoms with E-state index in [1.807, 2.05) is 6.07 Å². The van der Waals surface area contributed by atoms with Crippen molar-refractivity contribution in [3.05, 3.63) is 33.3 Å². The molecule has 0 bridgehead atoms. The van der Waals surface area contributed by atoms with Crippen LogP contribution in [-0.2, 0) is 0 Å². The summed E-state index contributed by atoms with van der Waals surface area (Å²) >= 11 is 11.6. The van der Waals surface area contributed by atoms with Gasteiger partial charge in [-0.15, -0.1) is 0 Å². The maximum absolute atomic E-state index is 12.0. The van der Waals surface area contributed by atoms with Crippen LogP contribution in [0.25, 0.3) is 0 Å². The number of hydrogen-bond acceptors (Lipinski definition) is 3. The minimum atomic E-state index is -0.435. The number of nitriles is 1. The smallest absolute Gasteiger partial charge is 0.261 e. The number of nitrogens with zero attached hydrogens (tertiary/aromatic N) is 2. The van der Waals surface area contributed by atoms with Crippen LogP contribution in [0.5, 0.6) is 0 Å². The minimum Gasteiger partial charge on any atom is -0.273 e. The van der Waals surface area contributed by atoms with Gasteiger partial charge in [0.05, 0.1) is 33.2 Å². The van der Waals surface area contributed by atoms with Gasteiger partial charge in [-0.1, -0.05) is 23.2 Å². The van der Waals surface area contributed by atoms with E-state index in [2.05, 4.69) is 0 Å². The second-order valence-corrected chi connectivity index (χ2v) is 4.88. The largest absolute Gasteiger partial charge is 0.273 e. The van der Waals surface area contributed by atoms with E-state index in [1.54, 1.807) is 6.92 Å². The molecular formula is C12H8Cl2N2O2. The van der Waals surface area contributed by atoms with E-state index in [0.29, 0.717) is 0 Å². The first kappa shape index (κ1) is 12.9. The van der Waals surface area contributed by atoms with E-state index in [0.717, 1.165) is 4.90 Å². The van der Waals surface area contributed by atoms with Crippen molar-refractivity contribution in [2.75, 3.05) is 6.54 Å². The molecule has 1 aromatic carbocycles. The molecule has 1 aliphatic heterocycles. The third kappa shape index (κ3) is 1.96. The van der Waals surface area contributed by atoms with Crippen molar-refractivity contribution in [2.45, 2.75) is 6.92 Å². The van der Waals surface area contributed by atoms with Crippen LogP contribution in [0.4, 0.5) is 0 Å².